The number of nitrogens with one attached hydrogen (secondary N) is 1. The topological polar surface area (TPSA) is 62.1 Å². The van der Waals surface area contributed by atoms with Crippen LogP contribution in [-0.4, -0.2) is 6.09 Å². The molecule has 0 aliphatic carbocycles. The molecule has 0 aromatic heterocycles. The molecule has 1 aromatic rings. The van der Waals surface area contributed by atoms with Crippen molar-refractivity contribution in [1.29, 1.82) is 5.26 Å². The van der Waals surface area contributed by atoms with Crippen LogP contribution < -0.4 is 5.32 Å². The minimum atomic E-state index is -0.599. The summed E-state index contributed by atoms with van der Waals surface area (Å²) in [4.78, 5) is 11.7. The van der Waals surface area contributed by atoms with Crippen LogP contribution in [0.15, 0.2) is 42.2 Å². The van der Waals surface area contributed by atoms with E-state index < -0.39 is 11.5 Å². The van der Waals surface area contributed by atoms with E-state index in [-0.39, 0.29) is 0 Å². The third-order valence-electron chi connectivity index (χ3n) is 2.16. The molecule has 0 saturated carbocycles. The van der Waals surface area contributed by atoms with Gasteiger partial charge in [0.15, 0.2) is 0 Å². The van der Waals surface area contributed by atoms with E-state index in [0.717, 1.165) is 0 Å². The summed E-state index contributed by atoms with van der Waals surface area (Å²) in [7, 11) is 0. The van der Waals surface area contributed by atoms with Crippen LogP contribution in [0.4, 0.5) is 10.5 Å². The largest absolute Gasteiger partial charge is 0.416 e. The van der Waals surface area contributed by atoms with Crippen molar-refractivity contribution in [2.75, 3.05) is 5.32 Å². The zero-order valence-electron chi connectivity index (χ0n) is 10.7. The third-order valence-corrected chi connectivity index (χ3v) is 2.16. The van der Waals surface area contributed by atoms with E-state index in [0.29, 0.717) is 11.4 Å². The Balaban J connectivity index is 2.70. The minimum Gasteiger partial charge on any atom is -0.413 e. The van der Waals surface area contributed by atoms with Gasteiger partial charge in [0.25, 0.3) is 0 Å². The number of nitrogens with zero attached hydrogens (tertiary/aromatic N) is 1. The quantitative estimate of drug-likeness (QED) is 0.637. The van der Waals surface area contributed by atoms with Gasteiger partial charge in [0, 0.05) is 11.1 Å². The summed E-state index contributed by atoms with van der Waals surface area (Å²) in [6, 6.07) is 10.9. The molecule has 0 atom stereocenters. The van der Waals surface area contributed by atoms with Crippen molar-refractivity contribution in [2.24, 2.45) is 5.41 Å². The molecule has 18 heavy (non-hydrogen) atoms. The Hall–Kier alpha value is -2.28. The first-order valence-corrected chi connectivity index (χ1v) is 5.57. The number of rotatable bonds is 2. The Bertz CT molecular complexity index is 479. The number of ether oxygens (including phenoxy) is 1. The number of benzene rings is 1. The Kier molecular flexibility index (Phi) is 4.50. The summed E-state index contributed by atoms with van der Waals surface area (Å²) in [5.41, 5.74) is 0.247. The number of anilines is 1. The predicted octanol–water partition coefficient (Wildman–Crippen LogP) is 3.69. The number of hydrogen-bond acceptors (Lipinski definition) is 3. The third kappa shape index (κ3) is 4.30. The van der Waals surface area contributed by atoms with Crippen molar-refractivity contribution in [3.8, 4) is 6.07 Å². The highest BCUT2D eigenvalue weighted by atomic mass is 16.6. The van der Waals surface area contributed by atoms with Crippen LogP contribution in [0.5, 0.6) is 0 Å². The predicted molar refractivity (Wildman–Crippen MR) is 69.7 cm³/mol. The molecule has 0 bridgehead atoms. The van der Waals surface area contributed by atoms with Crippen LogP contribution in [0.25, 0.3) is 0 Å². The van der Waals surface area contributed by atoms with E-state index in [1.54, 1.807) is 12.1 Å². The molecular formula is C14H16N2O2. The second kappa shape index (κ2) is 5.87. The maximum atomic E-state index is 11.7. The average molecular weight is 244 g/mol. The smallest absolute Gasteiger partial charge is 0.413 e. The zero-order valence-corrected chi connectivity index (χ0v) is 10.7. The Morgan fingerprint density at radius 1 is 1.33 bits per heavy atom. The van der Waals surface area contributed by atoms with E-state index in [1.807, 2.05) is 45.0 Å². The Morgan fingerprint density at radius 2 is 1.94 bits per heavy atom. The molecule has 4 heteroatoms. The molecule has 1 amide bonds. The van der Waals surface area contributed by atoms with Gasteiger partial charge >= 0.3 is 6.09 Å². The lowest BCUT2D eigenvalue weighted by molar-refractivity contribution is 0.168. The van der Waals surface area contributed by atoms with Crippen molar-refractivity contribution in [2.45, 2.75) is 20.8 Å². The zero-order chi connectivity index (χ0) is 13.6. The van der Waals surface area contributed by atoms with Crippen molar-refractivity contribution in [3.05, 3.63) is 42.2 Å². The van der Waals surface area contributed by atoms with Gasteiger partial charge in [-0.2, -0.15) is 5.26 Å². The summed E-state index contributed by atoms with van der Waals surface area (Å²) < 4.78 is 5.15. The van der Waals surface area contributed by atoms with E-state index in [4.69, 9.17) is 10.00 Å². The van der Waals surface area contributed by atoms with Gasteiger partial charge in [-0.05, 0) is 12.1 Å². The number of carbonyl (C=O) groups is 1. The highest BCUT2D eigenvalue weighted by molar-refractivity contribution is 5.85. The molecule has 0 aliphatic heterocycles. The molecule has 0 saturated heterocycles. The molecule has 0 fully saturated rings. The van der Waals surface area contributed by atoms with Crippen LogP contribution in [0, 0.1) is 16.7 Å². The number of amides is 1. The van der Waals surface area contributed by atoms with E-state index in [2.05, 4.69) is 5.32 Å². The molecule has 1 N–H and O–H groups in total. The maximum absolute atomic E-state index is 11.7. The minimum absolute atomic E-state index is 0.332. The van der Waals surface area contributed by atoms with Crippen LogP contribution in [0.3, 0.4) is 0 Å². The van der Waals surface area contributed by atoms with Crippen molar-refractivity contribution in [3.63, 3.8) is 0 Å². The fourth-order valence-electron chi connectivity index (χ4n) is 1.22. The van der Waals surface area contributed by atoms with Gasteiger partial charge in [0.05, 0.1) is 12.1 Å². The van der Waals surface area contributed by atoms with Crippen molar-refractivity contribution >= 4 is 11.8 Å². The van der Waals surface area contributed by atoms with Crippen LogP contribution in [-0.2, 0) is 4.74 Å². The number of allylic oxidation sites excluding steroid dienone is 2. The fraction of sp³-hybridized carbons (Fsp3) is 0.286. The number of para-hydroxylation sites is 1. The van der Waals surface area contributed by atoms with Gasteiger partial charge in [-0.3, -0.25) is 5.32 Å². The van der Waals surface area contributed by atoms with Crippen LogP contribution in [0.1, 0.15) is 20.8 Å². The lowest BCUT2D eigenvalue weighted by Crippen LogP contribution is -2.20. The highest BCUT2D eigenvalue weighted by Gasteiger charge is 2.21. The molecule has 0 radical (unpaired) electrons. The first kappa shape index (κ1) is 13.8. The van der Waals surface area contributed by atoms with E-state index in [1.165, 1.54) is 6.08 Å². The molecule has 1 rings (SSSR count). The lowest BCUT2D eigenvalue weighted by atomic mass is 9.93. The van der Waals surface area contributed by atoms with Crippen molar-refractivity contribution < 1.29 is 9.53 Å². The lowest BCUT2D eigenvalue weighted by Gasteiger charge is -2.21. The first-order valence-electron chi connectivity index (χ1n) is 5.57. The monoisotopic (exact) mass is 244 g/mol. The SMILES string of the molecule is CC(C)(C)/C(=C/C#N)OC(=O)Nc1ccccc1. The normalized spacial score (nSPS) is 11.6. The molecule has 0 unspecified atom stereocenters. The molecule has 1 aromatic carbocycles. The molecule has 0 spiro atoms. The summed E-state index contributed by atoms with van der Waals surface area (Å²) in [5.74, 6) is 0.332. The first-order chi connectivity index (χ1) is 8.43. The second-order valence-electron chi connectivity index (χ2n) is 4.77. The van der Waals surface area contributed by atoms with Crippen LogP contribution >= 0.6 is 0 Å². The second-order valence-corrected chi connectivity index (χ2v) is 4.77. The molecule has 0 aliphatic rings. The van der Waals surface area contributed by atoms with Gasteiger partial charge in [-0.25, -0.2) is 4.79 Å². The van der Waals surface area contributed by atoms with Gasteiger partial charge < -0.3 is 4.74 Å². The summed E-state index contributed by atoms with van der Waals surface area (Å²) in [6.45, 7) is 5.60. The maximum Gasteiger partial charge on any atom is 0.416 e. The summed E-state index contributed by atoms with van der Waals surface area (Å²) >= 11 is 0. The highest BCUT2D eigenvalue weighted by Crippen LogP contribution is 2.26. The van der Waals surface area contributed by atoms with E-state index in [9.17, 15) is 4.79 Å². The standard InChI is InChI=1S/C14H16N2O2/c1-14(2,3)12(9-10-15)18-13(17)16-11-7-5-4-6-8-11/h4-9H,1-3H3,(H,16,17)/b12-9-. The van der Waals surface area contributed by atoms with Gasteiger partial charge in [0.2, 0.25) is 0 Å². The Labute approximate surface area is 107 Å². The summed E-state index contributed by atoms with van der Waals surface area (Å²) in [5, 5.41) is 11.3. The number of carbonyl (C=O) groups excluding carboxylic acids is 1. The molecular weight excluding hydrogens is 228 g/mol. The average Bonchev–Trinajstić information content (AvgIpc) is 2.28. The van der Waals surface area contributed by atoms with Gasteiger partial charge in [-0.1, -0.05) is 39.0 Å². The van der Waals surface area contributed by atoms with Crippen LogP contribution in [0.2, 0.25) is 0 Å². The van der Waals surface area contributed by atoms with E-state index >= 15 is 0 Å². The number of nitriles is 1. The van der Waals surface area contributed by atoms with Gasteiger partial charge in [0.1, 0.15) is 5.76 Å². The summed E-state index contributed by atoms with van der Waals surface area (Å²) in [6.07, 6.45) is 0.641. The van der Waals surface area contributed by atoms with Gasteiger partial charge in [-0.15, -0.1) is 0 Å². The number of hydrogen-bond donors (Lipinski definition) is 1. The Morgan fingerprint density at radius 3 is 2.44 bits per heavy atom. The fourth-order valence-corrected chi connectivity index (χ4v) is 1.22. The molecule has 4 nitrogen and oxygen atoms in total. The molecule has 94 valence electrons. The molecule has 0 heterocycles. The van der Waals surface area contributed by atoms with Crippen molar-refractivity contribution in [1.82, 2.24) is 0 Å².